The second-order valence-electron chi connectivity index (χ2n) is 9.13. The standard InChI is InChI=1S/C24H30N4OS/c1-17-20(14-18-8-5-6-9-21(18)25-17)22(29)28-11-7-10-27(12-13-28)15-19-16-30-23(26-19)24(2,3)4/h5-6,8-9,14,16H,7,10-13,15H2,1-4H3. The fourth-order valence-corrected chi connectivity index (χ4v) is 4.78. The fraction of sp³-hybridized carbons (Fsp3) is 0.458. The Labute approximate surface area is 182 Å². The van der Waals surface area contributed by atoms with E-state index < -0.39 is 0 Å². The first kappa shape index (κ1) is 20.9. The third kappa shape index (κ3) is 4.55. The first-order chi connectivity index (χ1) is 14.3. The van der Waals surface area contributed by atoms with Gasteiger partial charge in [0.1, 0.15) is 0 Å². The zero-order valence-electron chi connectivity index (χ0n) is 18.3. The Kier molecular flexibility index (Phi) is 5.89. The van der Waals surface area contributed by atoms with Gasteiger partial charge in [0.2, 0.25) is 0 Å². The minimum absolute atomic E-state index is 0.0938. The van der Waals surface area contributed by atoms with Crippen molar-refractivity contribution in [2.45, 2.75) is 46.1 Å². The van der Waals surface area contributed by atoms with E-state index in [1.807, 2.05) is 42.2 Å². The van der Waals surface area contributed by atoms with Gasteiger partial charge < -0.3 is 4.90 Å². The van der Waals surface area contributed by atoms with Crippen LogP contribution < -0.4 is 0 Å². The maximum absolute atomic E-state index is 13.3. The fourth-order valence-electron chi connectivity index (χ4n) is 3.88. The van der Waals surface area contributed by atoms with Gasteiger partial charge in [-0.1, -0.05) is 39.0 Å². The molecule has 0 bridgehead atoms. The van der Waals surface area contributed by atoms with Gasteiger partial charge in [0.05, 0.1) is 27.5 Å². The van der Waals surface area contributed by atoms with Gasteiger partial charge in [0.15, 0.2) is 0 Å². The molecule has 0 N–H and O–H groups in total. The molecule has 3 heterocycles. The van der Waals surface area contributed by atoms with E-state index in [9.17, 15) is 4.79 Å². The summed E-state index contributed by atoms with van der Waals surface area (Å²) >= 11 is 1.75. The van der Waals surface area contributed by atoms with Crippen LogP contribution in [0.3, 0.4) is 0 Å². The number of nitrogens with zero attached hydrogens (tertiary/aromatic N) is 4. The van der Waals surface area contributed by atoms with Gasteiger partial charge in [-0.3, -0.25) is 14.7 Å². The summed E-state index contributed by atoms with van der Waals surface area (Å²) < 4.78 is 0. The molecule has 1 saturated heterocycles. The summed E-state index contributed by atoms with van der Waals surface area (Å²) in [5.74, 6) is 0.0938. The molecule has 1 fully saturated rings. The van der Waals surface area contributed by atoms with E-state index in [4.69, 9.17) is 4.98 Å². The number of aryl methyl sites for hydroxylation is 1. The Morgan fingerprint density at radius 3 is 2.67 bits per heavy atom. The van der Waals surface area contributed by atoms with Crippen LogP contribution in [0.5, 0.6) is 0 Å². The van der Waals surface area contributed by atoms with E-state index in [-0.39, 0.29) is 11.3 Å². The van der Waals surface area contributed by atoms with E-state index in [2.05, 4.69) is 36.0 Å². The minimum Gasteiger partial charge on any atom is -0.337 e. The number of carbonyl (C=O) groups excluding carboxylic acids is 1. The molecule has 0 spiro atoms. The van der Waals surface area contributed by atoms with Gasteiger partial charge in [-0.15, -0.1) is 11.3 Å². The highest BCUT2D eigenvalue weighted by molar-refractivity contribution is 7.09. The summed E-state index contributed by atoms with van der Waals surface area (Å²) in [6.45, 7) is 12.8. The molecule has 30 heavy (non-hydrogen) atoms. The Balaban J connectivity index is 1.43. The van der Waals surface area contributed by atoms with Crippen molar-refractivity contribution in [1.82, 2.24) is 19.8 Å². The molecule has 2 aromatic heterocycles. The largest absolute Gasteiger partial charge is 0.337 e. The molecule has 0 saturated carbocycles. The Morgan fingerprint density at radius 2 is 1.90 bits per heavy atom. The highest BCUT2D eigenvalue weighted by Crippen LogP contribution is 2.26. The summed E-state index contributed by atoms with van der Waals surface area (Å²) in [7, 11) is 0. The number of aromatic nitrogens is 2. The first-order valence-electron chi connectivity index (χ1n) is 10.6. The molecule has 0 aliphatic carbocycles. The average molecular weight is 423 g/mol. The lowest BCUT2D eigenvalue weighted by molar-refractivity contribution is 0.0760. The van der Waals surface area contributed by atoms with Crippen LogP contribution >= 0.6 is 11.3 Å². The topological polar surface area (TPSA) is 49.3 Å². The summed E-state index contributed by atoms with van der Waals surface area (Å²) in [4.78, 5) is 27.1. The summed E-state index contributed by atoms with van der Waals surface area (Å²) in [6, 6.07) is 9.96. The van der Waals surface area contributed by atoms with Crippen molar-refractivity contribution in [1.29, 1.82) is 0 Å². The Hall–Kier alpha value is -2.31. The zero-order valence-corrected chi connectivity index (χ0v) is 19.1. The smallest absolute Gasteiger partial charge is 0.255 e. The second-order valence-corrected chi connectivity index (χ2v) is 9.99. The number of rotatable bonds is 3. The van der Waals surface area contributed by atoms with Gasteiger partial charge in [0.25, 0.3) is 5.91 Å². The third-order valence-corrected chi connectivity index (χ3v) is 6.92. The van der Waals surface area contributed by atoms with Crippen molar-refractivity contribution in [3.05, 3.63) is 57.7 Å². The molecule has 0 atom stereocenters. The maximum atomic E-state index is 13.3. The molecule has 158 valence electrons. The summed E-state index contributed by atoms with van der Waals surface area (Å²) in [6.07, 6.45) is 0.974. The van der Waals surface area contributed by atoms with Gasteiger partial charge in [0, 0.05) is 48.9 Å². The molecule has 6 heteroatoms. The predicted octanol–water partition coefficient (Wildman–Crippen LogP) is 4.65. The normalized spacial score (nSPS) is 16.1. The molecule has 1 aliphatic rings. The molecular formula is C24H30N4OS. The predicted molar refractivity (Wildman–Crippen MR) is 123 cm³/mol. The number of amides is 1. The molecule has 1 amide bonds. The van der Waals surface area contributed by atoms with Crippen LogP contribution in [0.25, 0.3) is 10.9 Å². The van der Waals surface area contributed by atoms with Crippen molar-refractivity contribution in [3.63, 3.8) is 0 Å². The molecule has 5 nitrogen and oxygen atoms in total. The number of pyridine rings is 1. The van der Waals surface area contributed by atoms with E-state index >= 15 is 0 Å². The molecular weight excluding hydrogens is 392 g/mol. The molecule has 1 aromatic carbocycles. The second kappa shape index (κ2) is 8.44. The maximum Gasteiger partial charge on any atom is 0.255 e. The lowest BCUT2D eigenvalue weighted by atomic mass is 9.98. The van der Waals surface area contributed by atoms with Crippen LogP contribution in [-0.2, 0) is 12.0 Å². The van der Waals surface area contributed by atoms with Gasteiger partial charge in [-0.2, -0.15) is 0 Å². The van der Waals surface area contributed by atoms with Crippen LogP contribution in [0.2, 0.25) is 0 Å². The van der Waals surface area contributed by atoms with Crippen molar-refractivity contribution < 1.29 is 4.79 Å². The van der Waals surface area contributed by atoms with Gasteiger partial charge >= 0.3 is 0 Å². The third-order valence-electron chi connectivity index (χ3n) is 5.60. The van der Waals surface area contributed by atoms with Gasteiger partial charge in [-0.05, 0) is 25.5 Å². The molecule has 1 aliphatic heterocycles. The van der Waals surface area contributed by atoms with E-state index in [0.717, 1.165) is 67.0 Å². The molecule has 4 rings (SSSR count). The monoisotopic (exact) mass is 422 g/mol. The first-order valence-corrected chi connectivity index (χ1v) is 11.5. The highest BCUT2D eigenvalue weighted by atomic mass is 32.1. The highest BCUT2D eigenvalue weighted by Gasteiger charge is 2.23. The Morgan fingerprint density at radius 1 is 1.10 bits per heavy atom. The van der Waals surface area contributed by atoms with Crippen molar-refractivity contribution >= 4 is 28.1 Å². The minimum atomic E-state index is 0.0938. The van der Waals surface area contributed by atoms with E-state index in [1.165, 1.54) is 5.01 Å². The number of carbonyl (C=O) groups is 1. The zero-order chi connectivity index (χ0) is 21.3. The van der Waals surface area contributed by atoms with Gasteiger partial charge in [-0.25, -0.2) is 4.98 Å². The summed E-state index contributed by atoms with van der Waals surface area (Å²) in [5.41, 5.74) is 3.69. The lowest BCUT2D eigenvalue weighted by Crippen LogP contribution is -2.35. The van der Waals surface area contributed by atoms with Crippen LogP contribution in [0.15, 0.2) is 35.7 Å². The number of fused-ring (bicyclic) bond motifs is 1. The van der Waals surface area contributed by atoms with Crippen LogP contribution in [0.1, 0.15) is 53.9 Å². The quantitative estimate of drug-likeness (QED) is 0.617. The van der Waals surface area contributed by atoms with Crippen molar-refractivity contribution in [3.8, 4) is 0 Å². The molecule has 0 unspecified atom stereocenters. The summed E-state index contributed by atoms with van der Waals surface area (Å²) in [5, 5.41) is 4.38. The van der Waals surface area contributed by atoms with Crippen molar-refractivity contribution in [2.24, 2.45) is 0 Å². The van der Waals surface area contributed by atoms with Crippen LogP contribution in [0, 0.1) is 6.92 Å². The van der Waals surface area contributed by atoms with Crippen LogP contribution in [-0.4, -0.2) is 51.9 Å². The molecule has 0 radical (unpaired) electrons. The number of para-hydroxylation sites is 1. The number of hydrogen-bond acceptors (Lipinski definition) is 5. The Bertz CT molecular complexity index is 1050. The number of benzene rings is 1. The number of thiazole rings is 1. The van der Waals surface area contributed by atoms with E-state index in [0.29, 0.717) is 0 Å². The average Bonchev–Trinajstić information content (AvgIpc) is 3.06. The van der Waals surface area contributed by atoms with E-state index in [1.54, 1.807) is 11.3 Å². The lowest BCUT2D eigenvalue weighted by Gasteiger charge is -2.22. The van der Waals surface area contributed by atoms with Crippen molar-refractivity contribution in [2.75, 3.05) is 26.2 Å². The van der Waals surface area contributed by atoms with Crippen LogP contribution in [0.4, 0.5) is 0 Å². The number of hydrogen-bond donors (Lipinski definition) is 0. The SMILES string of the molecule is Cc1nc2ccccc2cc1C(=O)N1CCCN(Cc2csc(C(C)(C)C)n2)CC1. The molecule has 3 aromatic rings.